The number of aliphatic carboxylic acids is 1. The molecule has 0 radical (unpaired) electrons. The van der Waals surface area contributed by atoms with Crippen LogP contribution in [0.4, 0.5) is 8.78 Å². The van der Waals surface area contributed by atoms with Gasteiger partial charge in [0.15, 0.2) is 0 Å². The molecule has 0 unspecified atom stereocenters. The summed E-state index contributed by atoms with van der Waals surface area (Å²) in [6.45, 7) is -3.03. The van der Waals surface area contributed by atoms with E-state index >= 15 is 0 Å². The summed E-state index contributed by atoms with van der Waals surface area (Å²) in [5.74, 6) is -1.60. The van der Waals surface area contributed by atoms with Gasteiger partial charge in [0.25, 0.3) is 0 Å². The van der Waals surface area contributed by atoms with E-state index < -0.39 is 18.0 Å². The van der Waals surface area contributed by atoms with Gasteiger partial charge in [0.05, 0.1) is 0 Å². The van der Waals surface area contributed by atoms with Crippen molar-refractivity contribution >= 4 is 11.8 Å². The Morgan fingerprint density at radius 3 is 2.44 bits per heavy atom. The zero-order chi connectivity index (χ0) is 13.3. The molecule has 0 aromatic heterocycles. The Labute approximate surface area is 101 Å². The highest BCUT2D eigenvalue weighted by Crippen LogP contribution is 2.45. The Balaban J connectivity index is 2.43. The normalized spacial score (nSPS) is 17.4. The number of ether oxygens (including phenoxy) is 1. The lowest BCUT2D eigenvalue weighted by Crippen LogP contribution is -2.48. The van der Waals surface area contributed by atoms with Crippen LogP contribution in [0.1, 0.15) is 18.4 Å². The smallest absolute Gasteiger partial charge is 0.387 e. The molecule has 1 fully saturated rings. The van der Waals surface area contributed by atoms with Gasteiger partial charge in [-0.1, -0.05) is 18.2 Å². The molecule has 1 aromatic carbocycles. The first-order valence-electron chi connectivity index (χ1n) is 5.25. The molecule has 18 heavy (non-hydrogen) atoms. The van der Waals surface area contributed by atoms with Crippen LogP contribution >= 0.6 is 0 Å². The summed E-state index contributed by atoms with van der Waals surface area (Å²) in [7, 11) is 0. The molecular formula is C12H10F2O4. The Morgan fingerprint density at radius 1 is 1.33 bits per heavy atom. The van der Waals surface area contributed by atoms with Gasteiger partial charge in [0.2, 0.25) is 0 Å². The van der Waals surface area contributed by atoms with Gasteiger partial charge >= 0.3 is 12.6 Å². The lowest BCUT2D eigenvalue weighted by molar-refractivity contribution is -0.153. The molecule has 96 valence electrons. The van der Waals surface area contributed by atoms with E-state index in [1.54, 1.807) is 0 Å². The molecule has 6 heteroatoms. The highest BCUT2D eigenvalue weighted by Gasteiger charge is 2.53. The van der Waals surface area contributed by atoms with E-state index in [2.05, 4.69) is 4.74 Å². The lowest BCUT2D eigenvalue weighted by atomic mass is 9.63. The SMILES string of the molecule is O=C1CC(C(=O)O)(c2ccccc2OC(F)F)C1. The van der Waals surface area contributed by atoms with Crippen LogP contribution < -0.4 is 4.74 Å². The van der Waals surface area contributed by atoms with Crippen LogP contribution in [0.15, 0.2) is 24.3 Å². The number of hydrogen-bond acceptors (Lipinski definition) is 3. The minimum absolute atomic E-state index is 0.123. The van der Waals surface area contributed by atoms with Crippen molar-refractivity contribution in [3.63, 3.8) is 0 Å². The van der Waals surface area contributed by atoms with E-state index in [4.69, 9.17) is 0 Å². The largest absolute Gasteiger partial charge is 0.481 e. The van der Waals surface area contributed by atoms with Crippen molar-refractivity contribution in [2.45, 2.75) is 24.9 Å². The third-order valence-electron chi connectivity index (χ3n) is 3.03. The van der Waals surface area contributed by atoms with Crippen LogP contribution in [0.25, 0.3) is 0 Å². The molecule has 0 amide bonds. The molecule has 0 bridgehead atoms. The molecule has 0 aliphatic heterocycles. The highest BCUT2D eigenvalue weighted by atomic mass is 19.3. The maximum atomic E-state index is 12.3. The fourth-order valence-electron chi connectivity index (χ4n) is 2.14. The van der Waals surface area contributed by atoms with Gasteiger partial charge in [-0.3, -0.25) is 9.59 Å². The number of carboxylic acids is 1. The summed E-state index contributed by atoms with van der Waals surface area (Å²) in [4.78, 5) is 22.4. The topological polar surface area (TPSA) is 63.6 Å². The number of Topliss-reactive ketones (excluding diaryl/α,β-unsaturated/α-hetero) is 1. The summed E-state index contributed by atoms with van der Waals surface area (Å²) in [5.41, 5.74) is -1.31. The summed E-state index contributed by atoms with van der Waals surface area (Å²) in [5, 5.41) is 9.22. The Bertz CT molecular complexity index is 491. The fraction of sp³-hybridized carbons (Fsp3) is 0.333. The molecule has 0 saturated heterocycles. The monoisotopic (exact) mass is 256 g/mol. The van der Waals surface area contributed by atoms with Gasteiger partial charge in [-0.2, -0.15) is 8.78 Å². The van der Waals surface area contributed by atoms with E-state index in [-0.39, 0.29) is 29.9 Å². The molecule has 1 aliphatic carbocycles. The molecule has 1 saturated carbocycles. The molecule has 1 aromatic rings. The standard InChI is InChI=1S/C12H10F2O4/c13-11(14)18-9-4-2-1-3-8(9)12(10(16)17)5-7(15)6-12/h1-4,11H,5-6H2,(H,16,17). The van der Waals surface area contributed by atoms with Crippen molar-refractivity contribution in [2.24, 2.45) is 0 Å². The Kier molecular flexibility index (Phi) is 3.02. The van der Waals surface area contributed by atoms with E-state index in [0.29, 0.717) is 0 Å². The Hall–Kier alpha value is -1.98. The molecular weight excluding hydrogens is 246 g/mol. The third-order valence-corrected chi connectivity index (χ3v) is 3.03. The summed E-state index contributed by atoms with van der Waals surface area (Å²) in [6, 6.07) is 5.67. The molecule has 1 aliphatic rings. The number of benzene rings is 1. The first kappa shape index (κ1) is 12.5. The van der Waals surface area contributed by atoms with Crippen LogP contribution in [-0.2, 0) is 15.0 Å². The summed E-state index contributed by atoms with van der Waals surface area (Å²) < 4.78 is 28.8. The third kappa shape index (κ3) is 1.94. The van der Waals surface area contributed by atoms with Crippen molar-refractivity contribution in [1.82, 2.24) is 0 Å². The van der Waals surface area contributed by atoms with Crippen LogP contribution in [-0.4, -0.2) is 23.5 Å². The maximum absolute atomic E-state index is 12.3. The van der Waals surface area contributed by atoms with Gasteiger partial charge in [0, 0.05) is 18.4 Å². The number of carbonyl (C=O) groups excluding carboxylic acids is 1. The van der Waals surface area contributed by atoms with Gasteiger partial charge in [-0.05, 0) is 6.07 Å². The molecule has 2 rings (SSSR count). The first-order valence-corrected chi connectivity index (χ1v) is 5.25. The van der Waals surface area contributed by atoms with Crippen molar-refractivity contribution in [3.05, 3.63) is 29.8 Å². The second-order valence-corrected chi connectivity index (χ2v) is 4.15. The minimum atomic E-state index is -3.03. The van der Waals surface area contributed by atoms with E-state index in [0.717, 1.165) is 0 Å². The average molecular weight is 256 g/mol. The molecule has 0 atom stereocenters. The summed E-state index contributed by atoms with van der Waals surface area (Å²) >= 11 is 0. The van der Waals surface area contributed by atoms with E-state index in [1.165, 1.54) is 24.3 Å². The van der Waals surface area contributed by atoms with E-state index in [9.17, 15) is 23.5 Å². The predicted molar refractivity (Wildman–Crippen MR) is 56.6 cm³/mol. The van der Waals surface area contributed by atoms with Crippen LogP contribution in [0.2, 0.25) is 0 Å². The predicted octanol–water partition coefficient (Wildman–Crippen LogP) is 1.97. The number of ketones is 1. The Morgan fingerprint density at radius 2 is 1.94 bits per heavy atom. The van der Waals surface area contributed by atoms with Crippen molar-refractivity contribution in [3.8, 4) is 5.75 Å². The number of para-hydroxylation sites is 1. The molecule has 1 N–H and O–H groups in total. The number of carbonyl (C=O) groups is 2. The lowest BCUT2D eigenvalue weighted by Gasteiger charge is -2.37. The quantitative estimate of drug-likeness (QED) is 0.894. The first-order chi connectivity index (χ1) is 8.45. The van der Waals surface area contributed by atoms with Gasteiger partial charge < -0.3 is 9.84 Å². The number of halogens is 2. The minimum Gasteiger partial charge on any atom is -0.481 e. The van der Waals surface area contributed by atoms with Crippen LogP contribution in [0, 0.1) is 0 Å². The number of rotatable bonds is 4. The van der Waals surface area contributed by atoms with E-state index in [1.807, 2.05) is 0 Å². The van der Waals surface area contributed by atoms with Crippen LogP contribution in [0.5, 0.6) is 5.75 Å². The van der Waals surface area contributed by atoms with Crippen molar-refractivity contribution < 1.29 is 28.2 Å². The van der Waals surface area contributed by atoms with Gasteiger partial charge in [0.1, 0.15) is 16.9 Å². The van der Waals surface area contributed by atoms with Crippen LogP contribution in [0.3, 0.4) is 0 Å². The zero-order valence-electron chi connectivity index (χ0n) is 9.23. The highest BCUT2D eigenvalue weighted by molar-refractivity contribution is 6.01. The molecule has 0 heterocycles. The second-order valence-electron chi connectivity index (χ2n) is 4.15. The maximum Gasteiger partial charge on any atom is 0.387 e. The van der Waals surface area contributed by atoms with Crippen molar-refractivity contribution in [1.29, 1.82) is 0 Å². The fourth-order valence-corrected chi connectivity index (χ4v) is 2.14. The molecule has 0 spiro atoms. The second kappa shape index (κ2) is 4.36. The number of alkyl halides is 2. The summed E-state index contributed by atoms with van der Waals surface area (Å²) in [6.07, 6.45) is -0.377. The zero-order valence-corrected chi connectivity index (χ0v) is 9.23. The van der Waals surface area contributed by atoms with Gasteiger partial charge in [-0.25, -0.2) is 0 Å². The number of hydrogen-bond donors (Lipinski definition) is 1. The van der Waals surface area contributed by atoms with Gasteiger partial charge in [-0.15, -0.1) is 0 Å². The number of carboxylic acid groups (broad SMARTS) is 1. The van der Waals surface area contributed by atoms with Crippen molar-refractivity contribution in [2.75, 3.05) is 0 Å². The average Bonchev–Trinajstić information content (AvgIpc) is 2.24. The molecule has 4 nitrogen and oxygen atoms in total.